The Bertz CT molecular complexity index is 230. The number of hydrogen-bond donors (Lipinski definition) is 1. The molecule has 1 aromatic rings. The van der Waals surface area contributed by atoms with Gasteiger partial charge in [-0.1, -0.05) is 37.3 Å². The summed E-state index contributed by atoms with van der Waals surface area (Å²) in [6.45, 7) is 4.50. The van der Waals surface area contributed by atoms with Crippen molar-refractivity contribution in [3.05, 3.63) is 35.9 Å². The molecule has 0 saturated heterocycles. The van der Waals surface area contributed by atoms with E-state index in [9.17, 15) is 0 Å². The molecule has 1 nitrogen and oxygen atoms in total. The van der Waals surface area contributed by atoms with E-state index >= 15 is 0 Å². The maximum Gasteiger partial charge on any atom is 0.00414 e. The zero-order valence-corrected chi connectivity index (χ0v) is 8.75. The topological polar surface area (TPSA) is 12.0 Å². The van der Waals surface area contributed by atoms with Crippen LogP contribution in [0.15, 0.2) is 30.3 Å². The summed E-state index contributed by atoms with van der Waals surface area (Å²) in [7, 11) is 2.02. The van der Waals surface area contributed by atoms with Crippen LogP contribution in [0.3, 0.4) is 0 Å². The van der Waals surface area contributed by atoms with E-state index in [2.05, 4.69) is 49.5 Å². The van der Waals surface area contributed by atoms with Crippen LogP contribution in [-0.4, -0.2) is 13.1 Å². The van der Waals surface area contributed by atoms with Crippen LogP contribution in [0.25, 0.3) is 0 Å². The number of hydrogen-bond acceptors (Lipinski definition) is 1. The van der Waals surface area contributed by atoms with E-state index in [1.54, 1.807) is 0 Å². The second-order valence-electron chi connectivity index (χ2n) is 3.74. The second-order valence-corrected chi connectivity index (χ2v) is 3.74. The number of rotatable bonds is 4. The summed E-state index contributed by atoms with van der Waals surface area (Å²) in [6.07, 6.45) is 1.19. The smallest absolute Gasteiger partial charge is 0.00414 e. The minimum atomic E-state index is 0.593. The molecular weight excluding hydrogens is 158 g/mol. The van der Waals surface area contributed by atoms with Crippen LogP contribution in [0.1, 0.15) is 31.7 Å². The molecule has 0 saturated carbocycles. The van der Waals surface area contributed by atoms with Gasteiger partial charge in [-0.3, -0.25) is 0 Å². The van der Waals surface area contributed by atoms with E-state index in [4.69, 9.17) is 0 Å². The largest absolute Gasteiger partial charge is 0.317 e. The Morgan fingerprint density at radius 1 is 1.15 bits per heavy atom. The fraction of sp³-hybridized carbons (Fsp3) is 0.500. The minimum Gasteiger partial charge on any atom is -0.317 e. The number of benzene rings is 1. The van der Waals surface area contributed by atoms with E-state index in [0.29, 0.717) is 12.0 Å². The molecule has 0 bridgehead atoms. The fourth-order valence-electron chi connectivity index (χ4n) is 1.57. The van der Waals surface area contributed by atoms with Crippen LogP contribution in [0.2, 0.25) is 0 Å². The van der Waals surface area contributed by atoms with Gasteiger partial charge in [0.1, 0.15) is 0 Å². The summed E-state index contributed by atoms with van der Waals surface area (Å²) >= 11 is 0. The van der Waals surface area contributed by atoms with Gasteiger partial charge in [-0.2, -0.15) is 0 Å². The van der Waals surface area contributed by atoms with Gasteiger partial charge in [-0.05, 0) is 31.9 Å². The van der Waals surface area contributed by atoms with Crippen LogP contribution >= 0.6 is 0 Å². The fourth-order valence-corrected chi connectivity index (χ4v) is 1.57. The highest BCUT2D eigenvalue weighted by Crippen LogP contribution is 2.19. The lowest BCUT2D eigenvalue weighted by Gasteiger charge is -2.16. The van der Waals surface area contributed by atoms with Gasteiger partial charge in [0.25, 0.3) is 0 Å². The summed E-state index contributed by atoms with van der Waals surface area (Å²) in [6, 6.07) is 11.3. The molecular formula is C12H19N. The Kier molecular flexibility index (Phi) is 3.97. The molecule has 1 N–H and O–H groups in total. The van der Waals surface area contributed by atoms with Gasteiger partial charge in [0.15, 0.2) is 0 Å². The molecule has 72 valence electrons. The molecule has 0 heterocycles. The molecule has 0 aliphatic rings. The van der Waals surface area contributed by atoms with Crippen LogP contribution in [0, 0.1) is 0 Å². The van der Waals surface area contributed by atoms with Gasteiger partial charge >= 0.3 is 0 Å². The molecule has 0 spiro atoms. The van der Waals surface area contributed by atoms with Crippen LogP contribution in [0.5, 0.6) is 0 Å². The van der Waals surface area contributed by atoms with Crippen molar-refractivity contribution in [2.24, 2.45) is 0 Å². The summed E-state index contributed by atoms with van der Waals surface area (Å²) in [4.78, 5) is 0. The minimum absolute atomic E-state index is 0.593. The maximum atomic E-state index is 3.27. The average molecular weight is 177 g/mol. The second kappa shape index (κ2) is 5.03. The third-order valence-corrected chi connectivity index (χ3v) is 2.57. The van der Waals surface area contributed by atoms with Gasteiger partial charge < -0.3 is 5.32 Å². The van der Waals surface area contributed by atoms with Gasteiger partial charge in [0.05, 0.1) is 0 Å². The highest BCUT2D eigenvalue weighted by Gasteiger charge is 2.08. The first kappa shape index (κ1) is 10.3. The molecule has 0 fully saturated rings. The van der Waals surface area contributed by atoms with Crippen molar-refractivity contribution >= 4 is 0 Å². The molecule has 2 unspecified atom stereocenters. The van der Waals surface area contributed by atoms with Gasteiger partial charge in [0.2, 0.25) is 0 Å². The molecule has 0 aliphatic heterocycles. The lowest BCUT2D eigenvalue weighted by atomic mass is 9.95. The van der Waals surface area contributed by atoms with Crippen molar-refractivity contribution in [2.75, 3.05) is 7.05 Å². The highest BCUT2D eigenvalue weighted by atomic mass is 14.8. The quantitative estimate of drug-likeness (QED) is 0.745. The highest BCUT2D eigenvalue weighted by molar-refractivity contribution is 5.18. The predicted octanol–water partition coefficient (Wildman–Crippen LogP) is 2.79. The van der Waals surface area contributed by atoms with E-state index in [-0.39, 0.29) is 0 Å². The first-order chi connectivity index (χ1) is 6.24. The zero-order valence-electron chi connectivity index (χ0n) is 8.75. The molecule has 1 rings (SSSR count). The maximum absolute atomic E-state index is 3.27. The first-order valence-corrected chi connectivity index (χ1v) is 4.96. The van der Waals surface area contributed by atoms with Gasteiger partial charge in [-0.25, -0.2) is 0 Å². The number of nitrogens with one attached hydrogen (secondary N) is 1. The van der Waals surface area contributed by atoms with Crippen LogP contribution < -0.4 is 5.32 Å². The van der Waals surface area contributed by atoms with E-state index in [1.165, 1.54) is 12.0 Å². The lowest BCUT2D eigenvalue weighted by Crippen LogP contribution is -2.22. The first-order valence-electron chi connectivity index (χ1n) is 4.96. The Morgan fingerprint density at radius 2 is 1.77 bits per heavy atom. The van der Waals surface area contributed by atoms with E-state index in [0.717, 1.165) is 0 Å². The molecule has 13 heavy (non-hydrogen) atoms. The van der Waals surface area contributed by atoms with Crippen molar-refractivity contribution in [1.29, 1.82) is 0 Å². The average Bonchev–Trinajstić information content (AvgIpc) is 2.19. The van der Waals surface area contributed by atoms with Crippen LogP contribution in [-0.2, 0) is 0 Å². The predicted molar refractivity (Wildman–Crippen MR) is 58.0 cm³/mol. The SMILES string of the molecule is CNC(C)CC(C)c1ccccc1. The normalized spacial score (nSPS) is 15.3. The third kappa shape index (κ3) is 3.19. The Morgan fingerprint density at radius 3 is 2.31 bits per heavy atom. The zero-order chi connectivity index (χ0) is 9.68. The molecule has 1 aromatic carbocycles. The van der Waals surface area contributed by atoms with Crippen LogP contribution in [0.4, 0.5) is 0 Å². The third-order valence-electron chi connectivity index (χ3n) is 2.57. The molecule has 0 aromatic heterocycles. The molecule has 0 radical (unpaired) electrons. The molecule has 1 heteroatoms. The molecule has 2 atom stereocenters. The van der Waals surface area contributed by atoms with Gasteiger partial charge in [-0.15, -0.1) is 0 Å². The summed E-state index contributed by atoms with van der Waals surface area (Å²) in [5.74, 6) is 0.642. The Labute approximate surface area is 81.2 Å². The van der Waals surface area contributed by atoms with Crippen molar-refractivity contribution in [3.63, 3.8) is 0 Å². The van der Waals surface area contributed by atoms with E-state index in [1.807, 2.05) is 7.05 Å². The summed E-state index contributed by atoms with van der Waals surface area (Å²) in [5, 5.41) is 3.27. The standard InChI is InChI=1S/C12H19N/c1-10(9-11(2)13-3)12-7-5-4-6-8-12/h4-8,10-11,13H,9H2,1-3H3. The molecule has 0 amide bonds. The van der Waals surface area contributed by atoms with Crippen molar-refractivity contribution in [3.8, 4) is 0 Å². The van der Waals surface area contributed by atoms with Gasteiger partial charge in [0, 0.05) is 6.04 Å². The van der Waals surface area contributed by atoms with Crippen molar-refractivity contribution in [1.82, 2.24) is 5.32 Å². The monoisotopic (exact) mass is 177 g/mol. The Balaban J connectivity index is 2.53. The summed E-state index contributed by atoms with van der Waals surface area (Å²) in [5.41, 5.74) is 1.43. The van der Waals surface area contributed by atoms with Crippen molar-refractivity contribution in [2.45, 2.75) is 32.2 Å². The Hall–Kier alpha value is -0.820. The van der Waals surface area contributed by atoms with E-state index < -0.39 is 0 Å². The summed E-state index contributed by atoms with van der Waals surface area (Å²) < 4.78 is 0. The molecule has 0 aliphatic carbocycles. The van der Waals surface area contributed by atoms with Crippen molar-refractivity contribution < 1.29 is 0 Å². The lowest BCUT2D eigenvalue weighted by molar-refractivity contribution is 0.516.